The number of phenols is 1. The summed E-state index contributed by atoms with van der Waals surface area (Å²) >= 11 is 0. The Bertz CT molecular complexity index is 785. The van der Waals surface area contributed by atoms with Crippen LogP contribution in [0.25, 0.3) is 0 Å². The lowest BCUT2D eigenvalue weighted by Gasteiger charge is -2.23. The van der Waals surface area contributed by atoms with Crippen molar-refractivity contribution in [2.24, 2.45) is 5.73 Å². The number of hydrogen-bond acceptors (Lipinski definition) is 6. The van der Waals surface area contributed by atoms with Crippen molar-refractivity contribution in [1.29, 1.82) is 5.41 Å². The predicted octanol–water partition coefficient (Wildman–Crippen LogP) is 1.71. The number of nitrogens with two attached hydrogens (primary N) is 2. The van der Waals surface area contributed by atoms with Crippen molar-refractivity contribution in [3.05, 3.63) is 70.9 Å². The first kappa shape index (κ1) is 17.2. The molecular formula is C18H20N4O2. The van der Waals surface area contributed by atoms with Crippen molar-refractivity contribution in [2.75, 3.05) is 12.8 Å². The van der Waals surface area contributed by atoms with Crippen molar-refractivity contribution in [3.63, 3.8) is 0 Å². The smallest absolute Gasteiger partial charge is 0.166 e. The lowest BCUT2D eigenvalue weighted by atomic mass is 9.90. The van der Waals surface area contributed by atoms with E-state index >= 15 is 0 Å². The second-order valence-corrected chi connectivity index (χ2v) is 5.27. The number of nitrogen functional groups attached to an aromatic ring is 1. The SMILES string of the molecule is CNC(/C(C(=N)c1ccccc1)=C(/N)C=O)c1ccc(O)c(N)c1. The van der Waals surface area contributed by atoms with Crippen LogP contribution in [-0.4, -0.2) is 24.2 Å². The number of carbonyl (C=O) groups is 1. The summed E-state index contributed by atoms with van der Waals surface area (Å²) in [6, 6.07) is 13.2. The molecule has 1 atom stereocenters. The lowest BCUT2D eigenvalue weighted by Crippen LogP contribution is -2.27. The molecule has 0 aliphatic carbocycles. The Labute approximate surface area is 140 Å². The number of phenolic OH excluding ortho intramolecular Hbond substituents is 1. The maximum Gasteiger partial charge on any atom is 0.166 e. The summed E-state index contributed by atoms with van der Waals surface area (Å²) < 4.78 is 0. The van der Waals surface area contributed by atoms with E-state index in [-0.39, 0.29) is 22.8 Å². The van der Waals surface area contributed by atoms with E-state index in [2.05, 4.69) is 5.32 Å². The molecule has 0 radical (unpaired) electrons. The van der Waals surface area contributed by atoms with Gasteiger partial charge in [0, 0.05) is 5.57 Å². The average Bonchev–Trinajstić information content (AvgIpc) is 2.61. The summed E-state index contributed by atoms with van der Waals surface area (Å²) in [4.78, 5) is 11.3. The number of benzene rings is 2. The highest BCUT2D eigenvalue weighted by atomic mass is 16.3. The maximum absolute atomic E-state index is 11.3. The molecule has 2 aromatic carbocycles. The van der Waals surface area contributed by atoms with Crippen molar-refractivity contribution in [1.82, 2.24) is 5.32 Å². The van der Waals surface area contributed by atoms with E-state index < -0.39 is 6.04 Å². The second kappa shape index (κ2) is 7.43. The van der Waals surface area contributed by atoms with Crippen LogP contribution in [0.2, 0.25) is 0 Å². The Balaban J connectivity index is 2.56. The average molecular weight is 324 g/mol. The molecule has 6 nitrogen and oxygen atoms in total. The molecule has 0 saturated heterocycles. The summed E-state index contributed by atoms with van der Waals surface area (Å²) in [5, 5.41) is 21.1. The van der Waals surface area contributed by atoms with E-state index in [9.17, 15) is 9.90 Å². The number of hydrogen-bond donors (Lipinski definition) is 5. The van der Waals surface area contributed by atoms with Crippen LogP contribution >= 0.6 is 0 Å². The molecule has 0 amide bonds. The fourth-order valence-electron chi connectivity index (χ4n) is 2.51. The van der Waals surface area contributed by atoms with Gasteiger partial charge in [-0.2, -0.15) is 0 Å². The summed E-state index contributed by atoms with van der Waals surface area (Å²) in [7, 11) is 1.70. The number of allylic oxidation sites excluding steroid dienone is 1. The highest BCUT2D eigenvalue weighted by molar-refractivity contribution is 6.13. The Morgan fingerprint density at radius 3 is 2.46 bits per heavy atom. The van der Waals surface area contributed by atoms with Crippen LogP contribution in [-0.2, 0) is 4.79 Å². The van der Waals surface area contributed by atoms with Gasteiger partial charge in [0.15, 0.2) is 6.29 Å². The molecule has 6 heteroatoms. The van der Waals surface area contributed by atoms with Gasteiger partial charge in [0.2, 0.25) is 0 Å². The molecule has 0 heterocycles. The van der Waals surface area contributed by atoms with E-state index in [1.54, 1.807) is 31.3 Å². The van der Waals surface area contributed by atoms with Crippen LogP contribution in [0.1, 0.15) is 17.2 Å². The molecular weight excluding hydrogens is 304 g/mol. The topological polar surface area (TPSA) is 125 Å². The molecule has 7 N–H and O–H groups in total. The Morgan fingerprint density at radius 1 is 1.25 bits per heavy atom. The third-order valence-electron chi connectivity index (χ3n) is 3.73. The molecule has 0 aliphatic rings. The second-order valence-electron chi connectivity index (χ2n) is 5.27. The van der Waals surface area contributed by atoms with Crippen molar-refractivity contribution >= 4 is 17.7 Å². The van der Waals surface area contributed by atoms with Gasteiger partial charge in [-0.3, -0.25) is 10.2 Å². The molecule has 0 aromatic heterocycles. The Morgan fingerprint density at radius 2 is 1.92 bits per heavy atom. The minimum absolute atomic E-state index is 0.0272. The van der Waals surface area contributed by atoms with Crippen molar-refractivity contribution < 1.29 is 9.90 Å². The monoisotopic (exact) mass is 324 g/mol. The van der Waals surface area contributed by atoms with Gasteiger partial charge in [-0.1, -0.05) is 36.4 Å². The first-order chi connectivity index (χ1) is 11.5. The number of carbonyl (C=O) groups excluding carboxylic acids is 1. The number of likely N-dealkylation sites (N-methyl/N-ethyl adjacent to an activating group) is 1. The van der Waals surface area contributed by atoms with Gasteiger partial charge in [-0.05, 0) is 30.3 Å². The van der Waals surface area contributed by atoms with Gasteiger partial charge in [-0.15, -0.1) is 0 Å². The van der Waals surface area contributed by atoms with Crippen LogP contribution in [0.4, 0.5) is 5.69 Å². The molecule has 0 fully saturated rings. The Kier molecular flexibility index (Phi) is 5.34. The molecule has 0 bridgehead atoms. The normalized spacial score (nSPS) is 13.0. The zero-order chi connectivity index (χ0) is 17.7. The van der Waals surface area contributed by atoms with Crippen LogP contribution in [0, 0.1) is 5.41 Å². The van der Waals surface area contributed by atoms with Crippen LogP contribution < -0.4 is 16.8 Å². The molecule has 1 unspecified atom stereocenters. The highest BCUT2D eigenvalue weighted by Gasteiger charge is 2.23. The lowest BCUT2D eigenvalue weighted by molar-refractivity contribution is -0.105. The fourth-order valence-corrected chi connectivity index (χ4v) is 2.51. The first-order valence-corrected chi connectivity index (χ1v) is 7.34. The fraction of sp³-hybridized carbons (Fsp3) is 0.111. The molecule has 0 spiro atoms. The standard InChI is InChI=1S/C18H20N4O2/c1-22-18(12-7-8-15(24)13(19)9-12)16(14(20)10-23)17(21)11-5-3-2-4-6-11/h2-10,18,21-22,24H,19-20H2,1H3/b16-14+,21-17?. The number of aromatic hydroxyl groups is 1. The summed E-state index contributed by atoms with van der Waals surface area (Å²) in [6.07, 6.45) is 0.529. The number of anilines is 1. The van der Waals surface area contributed by atoms with Crippen molar-refractivity contribution in [3.8, 4) is 5.75 Å². The van der Waals surface area contributed by atoms with Crippen LogP contribution in [0.3, 0.4) is 0 Å². The third-order valence-corrected chi connectivity index (χ3v) is 3.73. The van der Waals surface area contributed by atoms with Gasteiger partial charge < -0.3 is 21.9 Å². The van der Waals surface area contributed by atoms with E-state index in [4.69, 9.17) is 16.9 Å². The van der Waals surface area contributed by atoms with E-state index in [0.717, 1.165) is 0 Å². The maximum atomic E-state index is 11.3. The third kappa shape index (κ3) is 3.44. The van der Waals surface area contributed by atoms with E-state index in [0.29, 0.717) is 23.0 Å². The molecule has 0 aliphatic heterocycles. The summed E-state index contributed by atoms with van der Waals surface area (Å²) in [5.74, 6) is -0.0272. The molecule has 2 rings (SSSR count). The number of nitrogens with one attached hydrogen (secondary N) is 2. The number of rotatable bonds is 6. The quantitative estimate of drug-likeness (QED) is 0.182. The largest absolute Gasteiger partial charge is 0.506 e. The van der Waals surface area contributed by atoms with Crippen LogP contribution in [0.5, 0.6) is 5.75 Å². The summed E-state index contributed by atoms with van der Waals surface area (Å²) in [6.45, 7) is 0. The molecule has 0 saturated carbocycles. The van der Waals surface area contributed by atoms with Gasteiger partial charge >= 0.3 is 0 Å². The summed E-state index contributed by atoms with van der Waals surface area (Å²) in [5.41, 5.74) is 13.7. The zero-order valence-electron chi connectivity index (χ0n) is 13.3. The molecule has 24 heavy (non-hydrogen) atoms. The van der Waals surface area contributed by atoms with Crippen LogP contribution in [0.15, 0.2) is 59.8 Å². The first-order valence-electron chi connectivity index (χ1n) is 7.34. The van der Waals surface area contributed by atoms with Crippen molar-refractivity contribution in [2.45, 2.75) is 6.04 Å². The molecule has 2 aromatic rings. The number of aldehydes is 1. The van der Waals surface area contributed by atoms with Gasteiger partial charge in [0.1, 0.15) is 5.75 Å². The highest BCUT2D eigenvalue weighted by Crippen LogP contribution is 2.30. The zero-order valence-corrected chi connectivity index (χ0v) is 13.3. The van der Waals surface area contributed by atoms with E-state index in [1.165, 1.54) is 6.07 Å². The van der Waals surface area contributed by atoms with Gasteiger partial charge in [0.05, 0.1) is 23.1 Å². The minimum Gasteiger partial charge on any atom is -0.506 e. The van der Waals surface area contributed by atoms with E-state index in [1.807, 2.05) is 18.2 Å². The minimum atomic E-state index is -0.522. The Hall–Kier alpha value is -3.12. The molecule has 124 valence electrons. The van der Waals surface area contributed by atoms with Gasteiger partial charge in [-0.25, -0.2) is 0 Å². The predicted molar refractivity (Wildman–Crippen MR) is 94.9 cm³/mol. The van der Waals surface area contributed by atoms with Gasteiger partial charge in [0.25, 0.3) is 0 Å².